The largest absolute Gasteiger partial charge is 0.456 e. The predicted molar refractivity (Wildman–Crippen MR) is 91.3 cm³/mol. The van der Waals surface area contributed by atoms with Crippen molar-refractivity contribution in [1.29, 1.82) is 0 Å². The first-order valence-electron chi connectivity index (χ1n) is 8.50. The number of hydrogen-bond acceptors (Lipinski definition) is 6. The number of fused-ring (bicyclic) bond motifs is 2. The summed E-state index contributed by atoms with van der Waals surface area (Å²) in [6.45, 7) is 2.88. The molecule has 2 aromatic heterocycles. The number of piperidine rings is 1. The zero-order valence-electron chi connectivity index (χ0n) is 14.1. The highest BCUT2D eigenvalue weighted by Gasteiger charge is 2.45. The second-order valence-corrected chi connectivity index (χ2v) is 6.98. The molecule has 1 saturated heterocycles. The van der Waals surface area contributed by atoms with Crippen LogP contribution in [-0.2, 0) is 11.8 Å². The van der Waals surface area contributed by atoms with Gasteiger partial charge in [-0.1, -0.05) is 0 Å². The van der Waals surface area contributed by atoms with E-state index in [1.165, 1.54) is 12.1 Å². The molecular weight excluding hydrogens is 320 g/mol. The Morgan fingerprint density at radius 1 is 1.36 bits per heavy atom. The Kier molecular flexibility index (Phi) is 3.59. The van der Waals surface area contributed by atoms with E-state index >= 15 is 0 Å². The van der Waals surface area contributed by atoms with E-state index in [4.69, 9.17) is 10.2 Å². The molecule has 2 aromatic rings. The van der Waals surface area contributed by atoms with E-state index in [-0.39, 0.29) is 28.5 Å². The molecule has 3 heterocycles. The lowest BCUT2D eigenvalue weighted by atomic mass is 9.77. The molecule has 1 amide bonds. The van der Waals surface area contributed by atoms with Crippen molar-refractivity contribution in [2.75, 3.05) is 18.8 Å². The summed E-state index contributed by atoms with van der Waals surface area (Å²) in [5.74, 6) is 0.570. The topological polar surface area (TPSA) is 102 Å². The zero-order valence-corrected chi connectivity index (χ0v) is 14.1. The highest BCUT2D eigenvalue weighted by atomic mass is 16.3. The summed E-state index contributed by atoms with van der Waals surface area (Å²) in [7, 11) is 0. The first-order chi connectivity index (χ1) is 12.0. The van der Waals surface area contributed by atoms with Crippen molar-refractivity contribution < 1.29 is 9.21 Å². The molecule has 1 unspecified atom stereocenters. The van der Waals surface area contributed by atoms with Crippen LogP contribution in [0.15, 0.2) is 27.5 Å². The molecule has 0 radical (unpaired) electrons. The molecule has 1 aliphatic heterocycles. The fourth-order valence-electron chi connectivity index (χ4n) is 4.12. The van der Waals surface area contributed by atoms with Crippen LogP contribution in [0.4, 0.5) is 5.95 Å². The summed E-state index contributed by atoms with van der Waals surface area (Å²) in [5.41, 5.74) is 7.49. The first-order valence-corrected chi connectivity index (χ1v) is 8.50. The highest BCUT2D eigenvalue weighted by Crippen LogP contribution is 2.44. The standard InChI is InChI=1S/C18H20N4O3/c1-11-7-13(23)8-14(25-11)16(24)22-6-2-4-18(10-22)5-3-12-9-20-17(19)21-15(12)18/h7-9H,2-6,10H2,1H3,(H2,19,20,21). The molecule has 4 rings (SSSR count). The number of aromatic nitrogens is 2. The van der Waals surface area contributed by atoms with Crippen LogP contribution in [0.2, 0.25) is 0 Å². The SMILES string of the molecule is Cc1cc(=O)cc(C(=O)N2CCCC3(CCc4cnc(N)nc43)C2)o1. The van der Waals surface area contributed by atoms with Crippen molar-refractivity contribution in [1.82, 2.24) is 14.9 Å². The molecule has 0 bridgehead atoms. The van der Waals surface area contributed by atoms with E-state index in [1.54, 1.807) is 18.0 Å². The minimum absolute atomic E-state index is 0.0995. The number of nitrogens with two attached hydrogens (primary N) is 1. The maximum Gasteiger partial charge on any atom is 0.289 e. The van der Waals surface area contributed by atoms with Crippen molar-refractivity contribution in [2.24, 2.45) is 0 Å². The number of carbonyl (C=O) groups excluding carboxylic acids is 1. The van der Waals surface area contributed by atoms with E-state index in [2.05, 4.69) is 9.97 Å². The molecule has 1 fully saturated rings. The Hall–Kier alpha value is -2.70. The van der Waals surface area contributed by atoms with Crippen molar-refractivity contribution in [3.63, 3.8) is 0 Å². The predicted octanol–water partition coefficient (Wildman–Crippen LogP) is 1.44. The van der Waals surface area contributed by atoms with Crippen LogP contribution in [0.5, 0.6) is 0 Å². The number of hydrogen-bond donors (Lipinski definition) is 1. The number of rotatable bonds is 1. The van der Waals surface area contributed by atoms with Crippen molar-refractivity contribution in [3.8, 4) is 0 Å². The van der Waals surface area contributed by atoms with E-state index in [1.807, 2.05) is 0 Å². The van der Waals surface area contributed by atoms with Crippen LogP contribution in [-0.4, -0.2) is 33.9 Å². The second kappa shape index (κ2) is 5.68. The average Bonchev–Trinajstić information content (AvgIpc) is 2.91. The van der Waals surface area contributed by atoms with Gasteiger partial charge in [-0.05, 0) is 38.2 Å². The molecule has 1 atom stereocenters. The monoisotopic (exact) mass is 340 g/mol. The third kappa shape index (κ3) is 2.69. The second-order valence-electron chi connectivity index (χ2n) is 6.98. The Morgan fingerprint density at radius 2 is 2.20 bits per heavy atom. The van der Waals surface area contributed by atoms with E-state index in [0.29, 0.717) is 18.8 Å². The van der Waals surface area contributed by atoms with Crippen molar-refractivity contribution in [2.45, 2.75) is 38.0 Å². The number of nitrogen functional groups attached to an aromatic ring is 1. The Morgan fingerprint density at radius 3 is 3.00 bits per heavy atom. The summed E-state index contributed by atoms with van der Waals surface area (Å²) in [4.78, 5) is 34.9. The van der Waals surface area contributed by atoms with Gasteiger partial charge in [-0.15, -0.1) is 0 Å². The van der Waals surface area contributed by atoms with E-state index in [0.717, 1.165) is 36.9 Å². The third-order valence-corrected chi connectivity index (χ3v) is 5.22. The lowest BCUT2D eigenvalue weighted by Crippen LogP contribution is -2.48. The smallest absolute Gasteiger partial charge is 0.289 e. The van der Waals surface area contributed by atoms with Gasteiger partial charge < -0.3 is 15.1 Å². The lowest BCUT2D eigenvalue weighted by Gasteiger charge is -2.40. The molecule has 0 aromatic carbocycles. The number of carbonyl (C=O) groups is 1. The Labute approximate surface area is 144 Å². The highest BCUT2D eigenvalue weighted by molar-refractivity contribution is 5.91. The minimum atomic E-state index is -0.240. The van der Waals surface area contributed by atoms with Gasteiger partial charge >= 0.3 is 0 Å². The number of amides is 1. The summed E-state index contributed by atoms with van der Waals surface area (Å²) < 4.78 is 5.48. The number of likely N-dealkylation sites (tertiary alicyclic amines) is 1. The van der Waals surface area contributed by atoms with Crippen molar-refractivity contribution in [3.05, 3.63) is 51.3 Å². The van der Waals surface area contributed by atoms with Gasteiger partial charge in [0, 0.05) is 36.8 Å². The summed E-state index contributed by atoms with van der Waals surface area (Å²) >= 11 is 0. The maximum atomic E-state index is 12.9. The normalized spacial score (nSPS) is 22.2. The van der Waals surface area contributed by atoms with Gasteiger partial charge in [-0.25, -0.2) is 9.97 Å². The zero-order chi connectivity index (χ0) is 17.6. The van der Waals surface area contributed by atoms with Gasteiger partial charge in [0.2, 0.25) is 5.95 Å². The molecule has 7 nitrogen and oxygen atoms in total. The third-order valence-electron chi connectivity index (χ3n) is 5.22. The minimum Gasteiger partial charge on any atom is -0.456 e. The average molecular weight is 340 g/mol. The van der Waals surface area contributed by atoms with Crippen LogP contribution < -0.4 is 11.2 Å². The van der Waals surface area contributed by atoms with Gasteiger partial charge in [0.1, 0.15) is 5.76 Å². The van der Waals surface area contributed by atoms with Crippen LogP contribution in [0, 0.1) is 6.92 Å². The van der Waals surface area contributed by atoms with Gasteiger partial charge in [-0.3, -0.25) is 9.59 Å². The van der Waals surface area contributed by atoms with Gasteiger partial charge in [-0.2, -0.15) is 0 Å². The van der Waals surface area contributed by atoms with Crippen LogP contribution >= 0.6 is 0 Å². The molecule has 1 aliphatic carbocycles. The van der Waals surface area contributed by atoms with E-state index in [9.17, 15) is 9.59 Å². The fraction of sp³-hybridized carbons (Fsp3) is 0.444. The lowest BCUT2D eigenvalue weighted by molar-refractivity contribution is 0.0597. The summed E-state index contributed by atoms with van der Waals surface area (Å²) in [6, 6.07) is 2.64. The molecule has 2 aliphatic rings. The van der Waals surface area contributed by atoms with Gasteiger partial charge in [0.25, 0.3) is 5.91 Å². The molecule has 2 N–H and O–H groups in total. The Bertz CT molecular complexity index is 903. The molecule has 0 saturated carbocycles. The fourth-order valence-corrected chi connectivity index (χ4v) is 4.12. The summed E-state index contributed by atoms with van der Waals surface area (Å²) in [5, 5.41) is 0. The molecule has 7 heteroatoms. The number of nitrogens with zero attached hydrogens (tertiary/aromatic N) is 3. The molecule has 1 spiro atoms. The number of anilines is 1. The van der Waals surface area contributed by atoms with Crippen LogP contribution in [0.3, 0.4) is 0 Å². The molecule has 130 valence electrons. The summed E-state index contributed by atoms with van der Waals surface area (Å²) in [6.07, 6.45) is 5.48. The first kappa shape index (κ1) is 15.8. The van der Waals surface area contributed by atoms with Crippen LogP contribution in [0.25, 0.3) is 0 Å². The van der Waals surface area contributed by atoms with Gasteiger partial charge in [0.15, 0.2) is 11.2 Å². The van der Waals surface area contributed by atoms with E-state index < -0.39 is 0 Å². The number of aryl methyl sites for hydroxylation is 2. The molecule has 25 heavy (non-hydrogen) atoms. The van der Waals surface area contributed by atoms with Crippen LogP contribution in [0.1, 0.15) is 46.8 Å². The molecular formula is C18H20N4O3. The Balaban J connectivity index is 1.65. The van der Waals surface area contributed by atoms with Gasteiger partial charge in [0.05, 0.1) is 5.69 Å². The quantitative estimate of drug-likeness (QED) is 0.843. The van der Waals surface area contributed by atoms with Crippen molar-refractivity contribution >= 4 is 11.9 Å². The maximum absolute atomic E-state index is 12.9.